The molecule has 0 aromatic heterocycles. The molecule has 1 aliphatic carbocycles. The van der Waals surface area contributed by atoms with Crippen LogP contribution in [0.3, 0.4) is 0 Å². The number of ether oxygens (including phenoxy) is 2. The quantitative estimate of drug-likeness (QED) is 0.819. The standard InChI is InChI=1S/C15H29NO2/c1-4-16-12-5-7-13(8-6-12)17-11-14-9-10-15(2,3)18-14/h12-14,16H,4-11H2,1-3H3. The van der Waals surface area contributed by atoms with E-state index in [0.29, 0.717) is 12.2 Å². The topological polar surface area (TPSA) is 30.5 Å². The summed E-state index contributed by atoms with van der Waals surface area (Å²) in [6.07, 6.45) is 8.03. The molecule has 0 aromatic rings. The summed E-state index contributed by atoms with van der Waals surface area (Å²) >= 11 is 0. The second kappa shape index (κ2) is 6.36. The van der Waals surface area contributed by atoms with Crippen molar-refractivity contribution in [2.24, 2.45) is 0 Å². The highest BCUT2D eigenvalue weighted by molar-refractivity contribution is 4.82. The first-order valence-corrected chi connectivity index (χ1v) is 7.62. The summed E-state index contributed by atoms with van der Waals surface area (Å²) in [4.78, 5) is 0. The average molecular weight is 255 g/mol. The van der Waals surface area contributed by atoms with Crippen LogP contribution in [0.15, 0.2) is 0 Å². The van der Waals surface area contributed by atoms with E-state index in [2.05, 4.69) is 26.1 Å². The van der Waals surface area contributed by atoms with Crippen LogP contribution in [-0.4, -0.2) is 37.0 Å². The van der Waals surface area contributed by atoms with E-state index in [1.165, 1.54) is 25.7 Å². The molecule has 0 aromatic carbocycles. The number of rotatable bonds is 5. The molecule has 3 nitrogen and oxygen atoms in total. The maximum absolute atomic E-state index is 6.03. The fraction of sp³-hybridized carbons (Fsp3) is 1.00. The highest BCUT2D eigenvalue weighted by Gasteiger charge is 2.32. The van der Waals surface area contributed by atoms with Crippen molar-refractivity contribution in [3.63, 3.8) is 0 Å². The Hall–Kier alpha value is -0.120. The van der Waals surface area contributed by atoms with Crippen molar-refractivity contribution in [1.29, 1.82) is 0 Å². The lowest BCUT2D eigenvalue weighted by molar-refractivity contribution is -0.0767. The summed E-state index contributed by atoms with van der Waals surface area (Å²) in [5, 5.41) is 3.53. The van der Waals surface area contributed by atoms with Crippen molar-refractivity contribution in [2.45, 2.75) is 83.1 Å². The second-order valence-corrected chi connectivity index (χ2v) is 6.40. The van der Waals surface area contributed by atoms with Gasteiger partial charge in [0, 0.05) is 6.04 Å². The fourth-order valence-electron chi connectivity index (χ4n) is 3.16. The third kappa shape index (κ3) is 4.22. The van der Waals surface area contributed by atoms with Crippen molar-refractivity contribution in [3.8, 4) is 0 Å². The van der Waals surface area contributed by atoms with E-state index in [1.807, 2.05) is 0 Å². The summed E-state index contributed by atoms with van der Waals surface area (Å²) in [6.45, 7) is 8.41. The van der Waals surface area contributed by atoms with Crippen LogP contribution in [0.2, 0.25) is 0 Å². The third-order valence-corrected chi connectivity index (χ3v) is 4.24. The lowest BCUT2D eigenvalue weighted by Gasteiger charge is -2.30. The monoisotopic (exact) mass is 255 g/mol. The molecule has 18 heavy (non-hydrogen) atoms. The molecule has 1 heterocycles. The zero-order valence-electron chi connectivity index (χ0n) is 12.2. The highest BCUT2D eigenvalue weighted by Crippen LogP contribution is 2.30. The maximum atomic E-state index is 6.03. The van der Waals surface area contributed by atoms with Gasteiger partial charge in [0.05, 0.1) is 24.4 Å². The van der Waals surface area contributed by atoms with Gasteiger partial charge in [0.15, 0.2) is 0 Å². The van der Waals surface area contributed by atoms with E-state index >= 15 is 0 Å². The first-order chi connectivity index (χ1) is 8.59. The first kappa shape index (κ1) is 14.3. The fourth-order valence-corrected chi connectivity index (χ4v) is 3.16. The van der Waals surface area contributed by atoms with Gasteiger partial charge in [-0.3, -0.25) is 0 Å². The first-order valence-electron chi connectivity index (χ1n) is 7.62. The van der Waals surface area contributed by atoms with Crippen LogP contribution in [0.1, 0.15) is 59.3 Å². The molecule has 1 unspecified atom stereocenters. The maximum Gasteiger partial charge on any atom is 0.0816 e. The molecule has 0 amide bonds. The Kier molecular flexibility index (Phi) is 5.05. The summed E-state index contributed by atoms with van der Waals surface area (Å²) < 4.78 is 12.0. The van der Waals surface area contributed by atoms with Gasteiger partial charge in [-0.1, -0.05) is 6.92 Å². The minimum atomic E-state index is 0.0662. The molecular formula is C15H29NO2. The van der Waals surface area contributed by atoms with Crippen LogP contribution < -0.4 is 5.32 Å². The molecule has 1 saturated heterocycles. The summed E-state index contributed by atoms with van der Waals surface area (Å²) in [6, 6.07) is 0.719. The van der Waals surface area contributed by atoms with Gasteiger partial charge >= 0.3 is 0 Å². The normalized spacial score (nSPS) is 35.8. The summed E-state index contributed by atoms with van der Waals surface area (Å²) in [5.74, 6) is 0. The van der Waals surface area contributed by atoms with Gasteiger partial charge in [0.2, 0.25) is 0 Å². The number of nitrogens with one attached hydrogen (secondary N) is 1. The van der Waals surface area contributed by atoms with Crippen molar-refractivity contribution in [1.82, 2.24) is 5.32 Å². The molecule has 0 spiro atoms. The highest BCUT2D eigenvalue weighted by atomic mass is 16.6. The Morgan fingerprint density at radius 1 is 1.17 bits per heavy atom. The van der Waals surface area contributed by atoms with Gasteiger partial charge in [-0.25, -0.2) is 0 Å². The molecule has 1 saturated carbocycles. The molecule has 0 bridgehead atoms. The molecule has 2 fully saturated rings. The Bertz CT molecular complexity index is 247. The van der Waals surface area contributed by atoms with Crippen LogP contribution >= 0.6 is 0 Å². The lowest BCUT2D eigenvalue weighted by Crippen LogP contribution is -2.36. The molecule has 1 aliphatic heterocycles. The molecule has 2 rings (SSSR count). The summed E-state index contributed by atoms with van der Waals surface area (Å²) in [5.41, 5.74) is 0.0662. The minimum absolute atomic E-state index is 0.0662. The number of hydrogen-bond donors (Lipinski definition) is 1. The molecule has 3 heteroatoms. The van der Waals surface area contributed by atoms with Crippen molar-refractivity contribution in [2.75, 3.05) is 13.2 Å². The van der Waals surface area contributed by atoms with Gasteiger partial charge in [-0.05, 0) is 58.9 Å². The van der Waals surface area contributed by atoms with Crippen LogP contribution in [0.4, 0.5) is 0 Å². The Morgan fingerprint density at radius 2 is 1.89 bits per heavy atom. The van der Waals surface area contributed by atoms with Crippen LogP contribution in [0.5, 0.6) is 0 Å². The molecular weight excluding hydrogens is 226 g/mol. The van der Waals surface area contributed by atoms with Gasteiger partial charge in [-0.2, -0.15) is 0 Å². The Balaban J connectivity index is 1.61. The Morgan fingerprint density at radius 3 is 2.44 bits per heavy atom. The summed E-state index contributed by atoms with van der Waals surface area (Å²) in [7, 11) is 0. The average Bonchev–Trinajstić information content (AvgIpc) is 2.69. The van der Waals surface area contributed by atoms with Gasteiger partial charge in [0.1, 0.15) is 0 Å². The largest absolute Gasteiger partial charge is 0.376 e. The van der Waals surface area contributed by atoms with Gasteiger partial charge < -0.3 is 14.8 Å². The van der Waals surface area contributed by atoms with Crippen molar-refractivity contribution >= 4 is 0 Å². The van der Waals surface area contributed by atoms with Crippen LogP contribution in [-0.2, 0) is 9.47 Å². The smallest absolute Gasteiger partial charge is 0.0816 e. The van der Waals surface area contributed by atoms with E-state index in [-0.39, 0.29) is 5.60 Å². The lowest BCUT2D eigenvalue weighted by atomic mass is 9.93. The van der Waals surface area contributed by atoms with Crippen molar-refractivity contribution < 1.29 is 9.47 Å². The predicted molar refractivity (Wildman–Crippen MR) is 73.9 cm³/mol. The van der Waals surface area contributed by atoms with E-state index < -0.39 is 0 Å². The van der Waals surface area contributed by atoms with Crippen LogP contribution in [0, 0.1) is 0 Å². The minimum Gasteiger partial charge on any atom is -0.376 e. The van der Waals surface area contributed by atoms with E-state index in [0.717, 1.165) is 32.0 Å². The van der Waals surface area contributed by atoms with Crippen molar-refractivity contribution in [3.05, 3.63) is 0 Å². The Labute approximate surface area is 112 Å². The predicted octanol–water partition coefficient (Wildman–Crippen LogP) is 2.88. The molecule has 1 atom stereocenters. The zero-order chi connectivity index (χ0) is 13.0. The molecule has 0 radical (unpaired) electrons. The van der Waals surface area contributed by atoms with E-state index in [1.54, 1.807) is 0 Å². The SMILES string of the molecule is CCNC1CCC(OCC2CCC(C)(C)O2)CC1. The van der Waals surface area contributed by atoms with E-state index in [4.69, 9.17) is 9.47 Å². The second-order valence-electron chi connectivity index (χ2n) is 6.40. The molecule has 2 aliphatic rings. The van der Waals surface area contributed by atoms with Gasteiger partial charge in [0.25, 0.3) is 0 Å². The third-order valence-electron chi connectivity index (χ3n) is 4.24. The van der Waals surface area contributed by atoms with Gasteiger partial charge in [-0.15, -0.1) is 0 Å². The van der Waals surface area contributed by atoms with E-state index in [9.17, 15) is 0 Å². The van der Waals surface area contributed by atoms with Crippen LogP contribution in [0.25, 0.3) is 0 Å². The number of hydrogen-bond acceptors (Lipinski definition) is 3. The molecule has 1 N–H and O–H groups in total. The zero-order valence-corrected chi connectivity index (χ0v) is 12.2. The molecule has 106 valence electrons.